The summed E-state index contributed by atoms with van der Waals surface area (Å²) in [5, 5.41) is 11.6. The fourth-order valence-corrected chi connectivity index (χ4v) is 2.95. The van der Waals surface area contributed by atoms with Crippen LogP contribution in [-0.2, 0) is 14.8 Å². The summed E-state index contributed by atoms with van der Waals surface area (Å²) in [5.41, 5.74) is 2.24. The van der Waals surface area contributed by atoms with Gasteiger partial charge < -0.3 is 5.32 Å². The molecule has 0 spiro atoms. The van der Waals surface area contributed by atoms with Gasteiger partial charge in [0.05, 0.1) is 23.6 Å². The van der Waals surface area contributed by atoms with Gasteiger partial charge in [-0.15, -0.1) is 0 Å². The maximum atomic E-state index is 12.2. The molecule has 0 aliphatic heterocycles. The number of hydrogen-bond acceptors (Lipinski definition) is 4. The summed E-state index contributed by atoms with van der Waals surface area (Å²) in [7, 11) is -3.67. The van der Waals surface area contributed by atoms with Crippen molar-refractivity contribution in [2.24, 2.45) is 0 Å². The molecule has 2 rings (SSSR count). The predicted molar refractivity (Wildman–Crippen MR) is 93.2 cm³/mol. The minimum Gasteiger partial charge on any atom is -0.325 e. The monoisotopic (exact) mass is 343 g/mol. The number of nitrogens with zero attached hydrogens (tertiary/aromatic N) is 2. The Kier molecular flexibility index (Phi) is 5.21. The van der Waals surface area contributed by atoms with Crippen LogP contribution in [0, 0.1) is 18.3 Å². The summed E-state index contributed by atoms with van der Waals surface area (Å²) in [5.74, 6) is -0.466. The van der Waals surface area contributed by atoms with Crippen molar-refractivity contribution in [1.29, 1.82) is 5.26 Å². The molecule has 7 heteroatoms. The lowest BCUT2D eigenvalue weighted by atomic mass is 10.2. The van der Waals surface area contributed by atoms with E-state index in [9.17, 15) is 13.2 Å². The predicted octanol–water partition coefficient (Wildman–Crippen LogP) is 2.27. The molecule has 0 unspecified atom stereocenters. The number of hydrogen-bond donors (Lipinski definition) is 1. The molecule has 6 nitrogen and oxygen atoms in total. The van der Waals surface area contributed by atoms with Gasteiger partial charge in [-0.25, -0.2) is 8.42 Å². The number of carbonyl (C=O) groups is 1. The third kappa shape index (κ3) is 4.57. The fourth-order valence-electron chi connectivity index (χ4n) is 2.10. The molecule has 0 atom stereocenters. The molecule has 0 saturated carbocycles. The lowest BCUT2D eigenvalue weighted by Crippen LogP contribution is -2.37. The van der Waals surface area contributed by atoms with E-state index in [1.807, 2.05) is 25.1 Å². The second kappa shape index (κ2) is 7.15. The van der Waals surface area contributed by atoms with Gasteiger partial charge in [-0.2, -0.15) is 5.26 Å². The molecule has 0 saturated heterocycles. The highest BCUT2D eigenvalue weighted by molar-refractivity contribution is 7.92. The van der Waals surface area contributed by atoms with Crippen LogP contribution in [0.2, 0.25) is 0 Å². The van der Waals surface area contributed by atoms with E-state index in [1.165, 1.54) is 6.07 Å². The Labute approximate surface area is 141 Å². The van der Waals surface area contributed by atoms with Crippen LogP contribution >= 0.6 is 0 Å². The Hall–Kier alpha value is -2.85. The minimum absolute atomic E-state index is 0.274. The lowest BCUT2D eigenvalue weighted by Gasteiger charge is -2.22. The molecule has 0 bridgehead atoms. The number of carbonyl (C=O) groups excluding carboxylic acids is 1. The van der Waals surface area contributed by atoms with Gasteiger partial charge >= 0.3 is 0 Å². The van der Waals surface area contributed by atoms with Crippen molar-refractivity contribution in [3.05, 3.63) is 59.7 Å². The SMILES string of the molecule is Cc1ccc(NC(=O)CN(c2cccc(C#N)c2)S(C)(=O)=O)cc1. The molecule has 124 valence electrons. The van der Waals surface area contributed by atoms with E-state index in [2.05, 4.69) is 5.32 Å². The fraction of sp³-hybridized carbons (Fsp3) is 0.176. The molecule has 0 aromatic heterocycles. The number of nitriles is 1. The normalized spacial score (nSPS) is 10.7. The van der Waals surface area contributed by atoms with Gasteiger partial charge in [-0.1, -0.05) is 23.8 Å². The van der Waals surface area contributed by atoms with Crippen molar-refractivity contribution in [2.45, 2.75) is 6.92 Å². The largest absolute Gasteiger partial charge is 0.325 e. The van der Waals surface area contributed by atoms with Gasteiger partial charge in [0.1, 0.15) is 6.54 Å². The summed E-state index contributed by atoms with van der Waals surface area (Å²) in [4.78, 5) is 12.2. The van der Waals surface area contributed by atoms with E-state index < -0.39 is 15.9 Å². The van der Waals surface area contributed by atoms with Gasteiger partial charge in [0.25, 0.3) is 0 Å². The Morgan fingerprint density at radius 3 is 2.46 bits per heavy atom. The van der Waals surface area contributed by atoms with Gasteiger partial charge in [-0.3, -0.25) is 9.10 Å². The summed E-state index contributed by atoms with van der Waals surface area (Å²) in [6.07, 6.45) is 1.02. The molecule has 0 aliphatic carbocycles. The number of nitrogens with one attached hydrogen (secondary N) is 1. The maximum absolute atomic E-state index is 12.2. The number of anilines is 2. The van der Waals surface area contributed by atoms with Crippen molar-refractivity contribution in [3.63, 3.8) is 0 Å². The van der Waals surface area contributed by atoms with Gasteiger partial charge in [0.2, 0.25) is 15.9 Å². The van der Waals surface area contributed by atoms with Crippen LogP contribution in [0.1, 0.15) is 11.1 Å². The molecule has 24 heavy (non-hydrogen) atoms. The maximum Gasteiger partial charge on any atom is 0.245 e. The van der Waals surface area contributed by atoms with Crippen LogP contribution in [0.15, 0.2) is 48.5 Å². The lowest BCUT2D eigenvalue weighted by molar-refractivity contribution is -0.114. The number of amides is 1. The zero-order valence-electron chi connectivity index (χ0n) is 13.4. The van der Waals surface area contributed by atoms with Crippen LogP contribution in [0.3, 0.4) is 0 Å². The summed E-state index contributed by atoms with van der Waals surface area (Å²) < 4.78 is 25.0. The molecule has 0 fully saturated rings. The topological polar surface area (TPSA) is 90.3 Å². The Balaban J connectivity index is 2.22. The molecule has 0 heterocycles. The molecular formula is C17H17N3O3S. The van der Waals surface area contributed by atoms with Crippen LogP contribution in [0.4, 0.5) is 11.4 Å². The van der Waals surface area contributed by atoms with E-state index in [1.54, 1.807) is 30.3 Å². The molecule has 0 aliphatic rings. The number of sulfonamides is 1. The zero-order valence-corrected chi connectivity index (χ0v) is 14.2. The molecular weight excluding hydrogens is 326 g/mol. The molecule has 1 N–H and O–H groups in total. The second-order valence-corrected chi connectivity index (χ2v) is 7.25. The van der Waals surface area contributed by atoms with Crippen molar-refractivity contribution >= 4 is 27.3 Å². The van der Waals surface area contributed by atoms with E-state index in [0.717, 1.165) is 16.1 Å². The van der Waals surface area contributed by atoms with E-state index in [0.29, 0.717) is 11.3 Å². The first kappa shape index (κ1) is 17.5. The highest BCUT2D eigenvalue weighted by Crippen LogP contribution is 2.19. The van der Waals surface area contributed by atoms with E-state index in [4.69, 9.17) is 5.26 Å². The number of benzene rings is 2. The second-order valence-electron chi connectivity index (χ2n) is 5.35. The standard InChI is InChI=1S/C17H17N3O3S/c1-13-6-8-15(9-7-13)19-17(21)12-20(24(2,22)23)16-5-3-4-14(10-16)11-18/h3-10H,12H2,1-2H3,(H,19,21). The van der Waals surface area contributed by atoms with Gasteiger partial charge in [-0.05, 0) is 37.3 Å². The highest BCUT2D eigenvalue weighted by Gasteiger charge is 2.21. The third-order valence-electron chi connectivity index (χ3n) is 3.29. The smallest absolute Gasteiger partial charge is 0.245 e. The van der Waals surface area contributed by atoms with E-state index in [-0.39, 0.29) is 12.2 Å². The van der Waals surface area contributed by atoms with Crippen molar-refractivity contribution in [3.8, 4) is 6.07 Å². The average Bonchev–Trinajstić information content (AvgIpc) is 2.54. The Morgan fingerprint density at radius 1 is 1.21 bits per heavy atom. The summed E-state index contributed by atoms with van der Waals surface area (Å²) >= 11 is 0. The first-order valence-corrected chi connectivity index (χ1v) is 8.99. The first-order valence-electron chi connectivity index (χ1n) is 7.14. The Morgan fingerprint density at radius 2 is 1.88 bits per heavy atom. The first-order chi connectivity index (χ1) is 11.3. The van der Waals surface area contributed by atoms with E-state index >= 15 is 0 Å². The average molecular weight is 343 g/mol. The van der Waals surface area contributed by atoms with Crippen molar-refractivity contribution < 1.29 is 13.2 Å². The van der Waals surface area contributed by atoms with Gasteiger partial charge in [0, 0.05) is 5.69 Å². The van der Waals surface area contributed by atoms with Crippen LogP contribution < -0.4 is 9.62 Å². The minimum atomic E-state index is -3.67. The molecule has 2 aromatic carbocycles. The molecule has 1 amide bonds. The number of rotatable bonds is 5. The van der Waals surface area contributed by atoms with Crippen LogP contribution in [0.5, 0.6) is 0 Å². The van der Waals surface area contributed by atoms with Crippen LogP contribution in [0.25, 0.3) is 0 Å². The number of aryl methyl sites for hydroxylation is 1. The van der Waals surface area contributed by atoms with Crippen molar-refractivity contribution in [2.75, 3.05) is 22.4 Å². The third-order valence-corrected chi connectivity index (χ3v) is 4.43. The quantitative estimate of drug-likeness (QED) is 0.902. The van der Waals surface area contributed by atoms with Crippen LogP contribution in [-0.4, -0.2) is 27.1 Å². The van der Waals surface area contributed by atoms with Crippen molar-refractivity contribution in [1.82, 2.24) is 0 Å². The highest BCUT2D eigenvalue weighted by atomic mass is 32.2. The molecule has 2 aromatic rings. The Bertz CT molecular complexity index is 884. The summed E-state index contributed by atoms with van der Waals surface area (Å²) in [6, 6.07) is 15.2. The zero-order chi connectivity index (χ0) is 17.7. The summed E-state index contributed by atoms with van der Waals surface area (Å²) in [6.45, 7) is 1.56. The van der Waals surface area contributed by atoms with Gasteiger partial charge in [0.15, 0.2) is 0 Å². The molecule has 0 radical (unpaired) electrons.